The van der Waals surface area contributed by atoms with E-state index >= 15 is 0 Å². The number of methoxy groups -OCH3 is 1. The molecule has 1 aliphatic carbocycles. The van der Waals surface area contributed by atoms with Crippen molar-refractivity contribution < 1.29 is 14.3 Å². The van der Waals surface area contributed by atoms with E-state index in [0.29, 0.717) is 31.0 Å². The Labute approximate surface area is 171 Å². The van der Waals surface area contributed by atoms with Crippen LogP contribution >= 0.6 is 0 Å². The first-order valence-electron chi connectivity index (χ1n) is 9.80. The fourth-order valence-corrected chi connectivity index (χ4v) is 3.55. The maximum Gasteiger partial charge on any atom is 0.223 e. The molecule has 1 amide bonds. The van der Waals surface area contributed by atoms with Gasteiger partial charge in [0.15, 0.2) is 0 Å². The van der Waals surface area contributed by atoms with Crippen molar-refractivity contribution in [2.75, 3.05) is 25.6 Å². The highest BCUT2D eigenvalue weighted by Gasteiger charge is 2.34. The molecule has 152 valence electrons. The van der Waals surface area contributed by atoms with E-state index in [1.165, 1.54) is 6.20 Å². The van der Waals surface area contributed by atoms with Gasteiger partial charge in [0.2, 0.25) is 5.91 Å². The topological polar surface area (TPSA) is 96.3 Å². The van der Waals surface area contributed by atoms with Crippen molar-refractivity contribution in [3.05, 3.63) is 54.2 Å². The first-order valence-corrected chi connectivity index (χ1v) is 9.80. The largest absolute Gasteiger partial charge is 0.492 e. The van der Waals surface area contributed by atoms with Crippen molar-refractivity contribution in [1.29, 1.82) is 5.26 Å². The molecule has 1 aliphatic rings. The SMILES string of the molecule is CO[C@@H]1CC[C@H](C(=O)NCCOc2ccccc2)C[C@H]1Nc1ccc(C#N)cn1. The monoisotopic (exact) mass is 394 g/mol. The number of nitrogens with one attached hydrogen (secondary N) is 2. The second-order valence-corrected chi connectivity index (χ2v) is 7.03. The molecule has 1 aromatic heterocycles. The summed E-state index contributed by atoms with van der Waals surface area (Å²) in [6.07, 6.45) is 3.78. The average molecular weight is 394 g/mol. The number of rotatable bonds is 8. The third-order valence-corrected chi connectivity index (χ3v) is 5.10. The van der Waals surface area contributed by atoms with Crippen LogP contribution in [0.15, 0.2) is 48.7 Å². The van der Waals surface area contributed by atoms with E-state index in [9.17, 15) is 4.79 Å². The van der Waals surface area contributed by atoms with Gasteiger partial charge in [0.1, 0.15) is 24.2 Å². The highest BCUT2D eigenvalue weighted by atomic mass is 16.5. The van der Waals surface area contributed by atoms with E-state index in [0.717, 1.165) is 18.6 Å². The van der Waals surface area contributed by atoms with E-state index in [-0.39, 0.29) is 24.0 Å². The molecule has 1 fully saturated rings. The molecule has 0 aliphatic heterocycles. The van der Waals surface area contributed by atoms with Crippen LogP contribution in [0.1, 0.15) is 24.8 Å². The van der Waals surface area contributed by atoms with Crippen LogP contribution in [-0.2, 0) is 9.53 Å². The summed E-state index contributed by atoms with van der Waals surface area (Å²) < 4.78 is 11.2. The van der Waals surface area contributed by atoms with Gasteiger partial charge >= 0.3 is 0 Å². The van der Waals surface area contributed by atoms with Gasteiger partial charge in [-0.1, -0.05) is 18.2 Å². The second kappa shape index (κ2) is 10.4. The number of para-hydroxylation sites is 1. The number of aromatic nitrogens is 1. The first-order chi connectivity index (χ1) is 14.2. The van der Waals surface area contributed by atoms with Crippen molar-refractivity contribution in [2.45, 2.75) is 31.4 Å². The van der Waals surface area contributed by atoms with E-state index in [1.807, 2.05) is 30.3 Å². The maximum atomic E-state index is 12.6. The zero-order valence-electron chi connectivity index (χ0n) is 16.5. The smallest absolute Gasteiger partial charge is 0.223 e. The lowest BCUT2D eigenvalue weighted by Crippen LogP contribution is -2.45. The summed E-state index contributed by atoms with van der Waals surface area (Å²) in [5.74, 6) is 1.42. The molecule has 0 spiro atoms. The Bertz CT molecular complexity index is 820. The number of carbonyl (C=O) groups excluding carboxylic acids is 1. The van der Waals surface area contributed by atoms with Crippen LogP contribution in [0.3, 0.4) is 0 Å². The van der Waals surface area contributed by atoms with E-state index in [1.54, 1.807) is 19.2 Å². The molecule has 0 saturated heterocycles. The van der Waals surface area contributed by atoms with Gasteiger partial charge in [-0.2, -0.15) is 5.26 Å². The number of pyridine rings is 1. The summed E-state index contributed by atoms with van der Waals surface area (Å²) >= 11 is 0. The summed E-state index contributed by atoms with van der Waals surface area (Å²) in [6.45, 7) is 0.896. The number of hydrogen-bond acceptors (Lipinski definition) is 6. The van der Waals surface area contributed by atoms with E-state index in [4.69, 9.17) is 14.7 Å². The number of nitrogens with zero attached hydrogens (tertiary/aromatic N) is 2. The molecule has 0 bridgehead atoms. The summed E-state index contributed by atoms with van der Waals surface area (Å²) in [5, 5.41) is 15.2. The standard InChI is InChI=1S/C22H26N4O3/c1-28-20-9-8-17(13-19(20)26-21-10-7-16(14-23)15-25-21)22(27)24-11-12-29-18-5-3-2-4-6-18/h2-7,10,15,17,19-20H,8-9,11-13H2,1H3,(H,24,27)(H,25,26)/t17-,19+,20+/m0/s1. The summed E-state index contributed by atoms with van der Waals surface area (Å²) in [6, 6.07) is 15.1. The average Bonchev–Trinajstić information content (AvgIpc) is 2.77. The van der Waals surface area contributed by atoms with Crippen molar-refractivity contribution >= 4 is 11.7 Å². The van der Waals surface area contributed by atoms with Crippen LogP contribution in [0.5, 0.6) is 5.75 Å². The summed E-state index contributed by atoms with van der Waals surface area (Å²) in [5.41, 5.74) is 0.512. The minimum Gasteiger partial charge on any atom is -0.492 e. The number of benzene rings is 1. The molecule has 0 radical (unpaired) electrons. The van der Waals surface area contributed by atoms with Gasteiger partial charge in [-0.15, -0.1) is 0 Å². The van der Waals surface area contributed by atoms with Crippen LogP contribution in [0.4, 0.5) is 5.82 Å². The van der Waals surface area contributed by atoms with Gasteiger partial charge in [-0.05, 0) is 43.5 Å². The number of amides is 1. The lowest BCUT2D eigenvalue weighted by Gasteiger charge is -2.35. The van der Waals surface area contributed by atoms with Gasteiger partial charge in [0, 0.05) is 19.2 Å². The Kier molecular flexibility index (Phi) is 7.42. The lowest BCUT2D eigenvalue weighted by atomic mass is 9.83. The molecule has 1 aromatic carbocycles. The molecule has 29 heavy (non-hydrogen) atoms. The normalized spacial score (nSPS) is 21.0. The number of nitriles is 1. The van der Waals surface area contributed by atoms with E-state index < -0.39 is 0 Å². The fourth-order valence-electron chi connectivity index (χ4n) is 3.55. The summed E-state index contributed by atoms with van der Waals surface area (Å²) in [7, 11) is 1.69. The van der Waals surface area contributed by atoms with E-state index in [2.05, 4.69) is 21.7 Å². The Balaban J connectivity index is 1.49. The predicted octanol–water partition coefficient (Wildman–Crippen LogP) is 2.74. The van der Waals surface area contributed by atoms with Crippen LogP contribution in [0.2, 0.25) is 0 Å². The van der Waals surface area contributed by atoms with Crippen LogP contribution in [-0.4, -0.2) is 43.3 Å². The Morgan fingerprint density at radius 3 is 2.76 bits per heavy atom. The molecule has 3 rings (SSSR count). The molecular formula is C22H26N4O3. The van der Waals surface area contributed by atoms with Crippen molar-refractivity contribution in [1.82, 2.24) is 10.3 Å². The number of ether oxygens (including phenoxy) is 2. The zero-order valence-corrected chi connectivity index (χ0v) is 16.5. The quantitative estimate of drug-likeness (QED) is 0.669. The van der Waals surface area contributed by atoms with Gasteiger partial charge in [-0.25, -0.2) is 4.98 Å². The molecule has 0 unspecified atom stereocenters. The minimum atomic E-state index is -0.0889. The van der Waals surface area contributed by atoms with Gasteiger partial charge in [-0.3, -0.25) is 4.79 Å². The highest BCUT2D eigenvalue weighted by Crippen LogP contribution is 2.28. The fraction of sp³-hybridized carbons (Fsp3) is 0.409. The molecule has 1 heterocycles. The lowest BCUT2D eigenvalue weighted by molar-refractivity contribution is -0.127. The molecule has 7 nitrogen and oxygen atoms in total. The second-order valence-electron chi connectivity index (χ2n) is 7.03. The highest BCUT2D eigenvalue weighted by molar-refractivity contribution is 5.78. The molecule has 1 saturated carbocycles. The third-order valence-electron chi connectivity index (χ3n) is 5.10. The molecular weight excluding hydrogens is 368 g/mol. The zero-order chi connectivity index (χ0) is 20.5. The maximum absolute atomic E-state index is 12.6. The summed E-state index contributed by atoms with van der Waals surface area (Å²) in [4.78, 5) is 16.9. The predicted molar refractivity (Wildman–Crippen MR) is 109 cm³/mol. The number of carbonyl (C=O) groups is 1. The molecule has 2 N–H and O–H groups in total. The van der Waals surface area contributed by atoms with Gasteiger partial charge in [0.05, 0.1) is 24.3 Å². The van der Waals surface area contributed by atoms with Crippen molar-refractivity contribution in [3.8, 4) is 11.8 Å². The van der Waals surface area contributed by atoms with Crippen molar-refractivity contribution in [2.24, 2.45) is 5.92 Å². The van der Waals surface area contributed by atoms with Crippen LogP contribution < -0.4 is 15.4 Å². The number of hydrogen-bond donors (Lipinski definition) is 2. The van der Waals surface area contributed by atoms with Crippen LogP contribution in [0.25, 0.3) is 0 Å². The van der Waals surface area contributed by atoms with Crippen molar-refractivity contribution in [3.63, 3.8) is 0 Å². The molecule has 3 atom stereocenters. The molecule has 7 heteroatoms. The van der Waals surface area contributed by atoms with Gasteiger partial charge < -0.3 is 20.1 Å². The Hall–Kier alpha value is -3.11. The van der Waals surface area contributed by atoms with Gasteiger partial charge in [0.25, 0.3) is 0 Å². The molecule has 2 aromatic rings. The minimum absolute atomic E-state index is 0.0120. The van der Waals surface area contributed by atoms with Crippen LogP contribution in [0, 0.1) is 17.2 Å². The number of anilines is 1. The Morgan fingerprint density at radius 2 is 2.07 bits per heavy atom. The Morgan fingerprint density at radius 1 is 1.24 bits per heavy atom. The third kappa shape index (κ3) is 5.93. The first kappa shape index (κ1) is 20.6.